The fourth-order valence-electron chi connectivity index (χ4n) is 4.61. The average molecular weight is 402 g/mol. The number of fused-ring (bicyclic) bond motifs is 3. The van der Waals surface area contributed by atoms with Crippen LogP contribution in [0.1, 0.15) is 25.3 Å². The van der Waals surface area contributed by atoms with Crippen molar-refractivity contribution in [2.24, 2.45) is 0 Å². The lowest BCUT2D eigenvalue weighted by atomic mass is 10.00. The van der Waals surface area contributed by atoms with E-state index in [1.807, 2.05) is 0 Å². The Morgan fingerprint density at radius 1 is 0.857 bits per heavy atom. The van der Waals surface area contributed by atoms with Crippen molar-refractivity contribution in [2.75, 3.05) is 0 Å². The Morgan fingerprint density at radius 2 is 1.54 bits per heavy atom. The first-order valence-corrected chi connectivity index (χ1v) is 16.9. The molecule has 1 aromatic heterocycles. The van der Waals surface area contributed by atoms with E-state index in [2.05, 4.69) is 101 Å². The maximum Gasteiger partial charge on any atom is 0.113 e. The van der Waals surface area contributed by atoms with E-state index in [1.54, 1.807) is 15.6 Å². The molecule has 0 spiro atoms. The van der Waals surface area contributed by atoms with E-state index in [1.165, 1.54) is 22.3 Å². The third-order valence-corrected chi connectivity index (χ3v) is 11.9. The highest BCUT2D eigenvalue weighted by Gasteiger charge is 2.37. The van der Waals surface area contributed by atoms with Crippen LogP contribution in [0.25, 0.3) is 22.4 Å². The molecular weight excluding hydrogens is 370 g/mol. The van der Waals surface area contributed by atoms with Gasteiger partial charge in [-0.1, -0.05) is 88.2 Å². The molecular formula is C25H31NSi2. The lowest BCUT2D eigenvalue weighted by Crippen LogP contribution is -2.49. The van der Waals surface area contributed by atoms with E-state index in [9.17, 15) is 0 Å². The Kier molecular flexibility index (Phi) is 4.51. The first kappa shape index (κ1) is 19.3. The van der Waals surface area contributed by atoms with Crippen LogP contribution in [0.2, 0.25) is 32.7 Å². The average Bonchev–Trinajstić information content (AvgIpc) is 2.88. The zero-order valence-corrected chi connectivity index (χ0v) is 20.2. The van der Waals surface area contributed by atoms with Crippen molar-refractivity contribution < 1.29 is 0 Å². The van der Waals surface area contributed by atoms with E-state index in [0.717, 1.165) is 5.69 Å². The van der Waals surface area contributed by atoms with Crippen LogP contribution >= 0.6 is 0 Å². The van der Waals surface area contributed by atoms with Crippen molar-refractivity contribution in [1.29, 1.82) is 0 Å². The predicted molar refractivity (Wildman–Crippen MR) is 129 cm³/mol. The Hall–Kier alpha value is -1.98. The summed E-state index contributed by atoms with van der Waals surface area (Å²) in [6.45, 7) is 16.8. The van der Waals surface area contributed by atoms with E-state index < -0.39 is 16.1 Å². The SMILES string of the molecule is CC(C)c1cnc(-c2ccc3c(c2)-c2ccccc2[Si]3(C)C)cc1[Si](C)(C)C. The van der Waals surface area contributed by atoms with Gasteiger partial charge in [0.25, 0.3) is 0 Å². The summed E-state index contributed by atoms with van der Waals surface area (Å²) < 4.78 is 0. The van der Waals surface area contributed by atoms with Crippen LogP contribution in [-0.4, -0.2) is 21.1 Å². The van der Waals surface area contributed by atoms with E-state index >= 15 is 0 Å². The molecule has 0 radical (unpaired) electrons. The molecule has 0 atom stereocenters. The minimum Gasteiger partial charge on any atom is -0.256 e. The van der Waals surface area contributed by atoms with Gasteiger partial charge in [0.2, 0.25) is 0 Å². The summed E-state index contributed by atoms with van der Waals surface area (Å²) in [6.07, 6.45) is 2.13. The fraction of sp³-hybridized carbons (Fsp3) is 0.320. The molecule has 0 fully saturated rings. The summed E-state index contributed by atoms with van der Waals surface area (Å²) in [4.78, 5) is 4.90. The lowest BCUT2D eigenvalue weighted by Gasteiger charge is -2.24. The molecule has 0 saturated heterocycles. The topological polar surface area (TPSA) is 12.9 Å². The molecule has 0 N–H and O–H groups in total. The second kappa shape index (κ2) is 6.53. The number of aromatic nitrogens is 1. The van der Waals surface area contributed by atoms with Gasteiger partial charge in [-0.15, -0.1) is 0 Å². The van der Waals surface area contributed by atoms with E-state index in [-0.39, 0.29) is 0 Å². The second-order valence-electron chi connectivity index (χ2n) is 9.99. The molecule has 0 saturated carbocycles. The van der Waals surface area contributed by atoms with Crippen LogP contribution < -0.4 is 15.6 Å². The van der Waals surface area contributed by atoms with Gasteiger partial charge in [-0.25, -0.2) is 0 Å². The summed E-state index contributed by atoms with van der Waals surface area (Å²) >= 11 is 0. The van der Waals surface area contributed by atoms with Crippen LogP contribution in [0, 0.1) is 0 Å². The monoisotopic (exact) mass is 401 g/mol. The van der Waals surface area contributed by atoms with Crippen molar-refractivity contribution in [3.63, 3.8) is 0 Å². The Labute approximate surface area is 171 Å². The zero-order chi connectivity index (χ0) is 20.3. The van der Waals surface area contributed by atoms with Gasteiger partial charge >= 0.3 is 0 Å². The molecule has 2 heterocycles. The minimum atomic E-state index is -1.58. The number of nitrogens with zero attached hydrogens (tertiary/aromatic N) is 1. The first-order valence-electron chi connectivity index (χ1n) is 10.4. The van der Waals surface area contributed by atoms with Crippen molar-refractivity contribution >= 4 is 31.7 Å². The molecule has 2 aromatic carbocycles. The van der Waals surface area contributed by atoms with Gasteiger partial charge in [0.15, 0.2) is 0 Å². The Balaban J connectivity index is 1.88. The molecule has 4 rings (SSSR count). The molecule has 3 aromatic rings. The van der Waals surface area contributed by atoms with E-state index in [4.69, 9.17) is 4.98 Å². The summed E-state index contributed by atoms with van der Waals surface area (Å²) in [5.41, 5.74) is 6.64. The number of hydrogen-bond donors (Lipinski definition) is 0. The highest BCUT2D eigenvalue weighted by molar-refractivity contribution is 7.03. The number of hydrogen-bond acceptors (Lipinski definition) is 1. The first-order chi connectivity index (χ1) is 13.1. The minimum absolute atomic E-state index is 0.516. The molecule has 144 valence electrons. The third kappa shape index (κ3) is 3.01. The van der Waals surface area contributed by atoms with Gasteiger partial charge in [0.1, 0.15) is 8.07 Å². The molecule has 1 aliphatic rings. The van der Waals surface area contributed by atoms with Gasteiger partial charge < -0.3 is 0 Å². The van der Waals surface area contributed by atoms with Crippen molar-refractivity contribution in [3.05, 3.63) is 60.3 Å². The number of pyridine rings is 1. The Bertz CT molecular complexity index is 1060. The van der Waals surface area contributed by atoms with Crippen LogP contribution in [0.3, 0.4) is 0 Å². The molecule has 28 heavy (non-hydrogen) atoms. The van der Waals surface area contributed by atoms with Gasteiger partial charge in [-0.05, 0) is 45.1 Å². The molecule has 0 bridgehead atoms. The van der Waals surface area contributed by atoms with Crippen LogP contribution in [0.4, 0.5) is 0 Å². The molecule has 1 aliphatic heterocycles. The predicted octanol–water partition coefficient (Wildman–Crippen LogP) is 5.22. The highest BCUT2D eigenvalue weighted by atomic mass is 28.3. The lowest BCUT2D eigenvalue weighted by molar-refractivity contribution is 0.864. The van der Waals surface area contributed by atoms with Gasteiger partial charge in [-0.3, -0.25) is 4.98 Å². The number of benzene rings is 2. The maximum atomic E-state index is 4.90. The van der Waals surface area contributed by atoms with Crippen molar-refractivity contribution in [3.8, 4) is 22.4 Å². The fourth-order valence-corrected chi connectivity index (χ4v) is 9.48. The van der Waals surface area contributed by atoms with Gasteiger partial charge in [0, 0.05) is 11.8 Å². The highest BCUT2D eigenvalue weighted by Crippen LogP contribution is 2.31. The largest absolute Gasteiger partial charge is 0.256 e. The summed E-state index contributed by atoms with van der Waals surface area (Å²) in [5, 5.41) is 4.66. The van der Waals surface area contributed by atoms with E-state index in [0.29, 0.717) is 5.92 Å². The van der Waals surface area contributed by atoms with Crippen molar-refractivity contribution in [1.82, 2.24) is 4.98 Å². The molecule has 0 unspecified atom stereocenters. The van der Waals surface area contributed by atoms with Gasteiger partial charge in [0.05, 0.1) is 13.8 Å². The molecule has 0 amide bonds. The zero-order valence-electron chi connectivity index (χ0n) is 18.2. The summed E-state index contributed by atoms with van der Waals surface area (Å²) in [6, 6.07) is 18.4. The standard InChI is InChI=1S/C25H31NSi2/c1-17(2)21-16-26-22(15-25(21)27(3,4)5)18-12-13-24-20(14-18)19-10-8-9-11-23(19)28(24,6)7/h8-17H,1-7H3. The molecule has 0 aliphatic carbocycles. The summed E-state index contributed by atoms with van der Waals surface area (Å²) in [5.74, 6) is 0.516. The van der Waals surface area contributed by atoms with Crippen molar-refractivity contribution in [2.45, 2.75) is 52.5 Å². The maximum absolute atomic E-state index is 4.90. The van der Waals surface area contributed by atoms with Crippen LogP contribution in [0.15, 0.2) is 54.7 Å². The van der Waals surface area contributed by atoms with Gasteiger partial charge in [-0.2, -0.15) is 0 Å². The van der Waals surface area contributed by atoms with Crippen LogP contribution in [0.5, 0.6) is 0 Å². The second-order valence-corrected chi connectivity index (χ2v) is 19.4. The third-order valence-electron chi connectivity index (χ3n) is 6.24. The Morgan fingerprint density at radius 3 is 2.21 bits per heavy atom. The molecule has 1 nitrogen and oxygen atoms in total. The number of rotatable bonds is 3. The normalized spacial score (nSPS) is 14.9. The smallest absolute Gasteiger partial charge is 0.113 e. The van der Waals surface area contributed by atoms with Crippen LogP contribution in [-0.2, 0) is 0 Å². The molecule has 3 heteroatoms. The quantitative estimate of drug-likeness (QED) is 0.548. The summed E-state index contributed by atoms with van der Waals surface area (Å²) in [7, 11) is -3.02.